The van der Waals surface area contributed by atoms with E-state index in [0.29, 0.717) is 18.5 Å². The second-order valence-electron chi connectivity index (χ2n) is 6.04. The van der Waals surface area contributed by atoms with E-state index in [2.05, 4.69) is 18.0 Å². The molecule has 1 aromatic carbocycles. The van der Waals surface area contributed by atoms with Gasteiger partial charge in [0.2, 0.25) is 0 Å². The minimum atomic E-state index is -0.666. The zero-order valence-electron chi connectivity index (χ0n) is 12.0. The Morgan fingerprint density at radius 3 is 2.90 bits per heavy atom. The molecule has 0 unspecified atom stereocenters. The number of rotatable bonds is 2. The molecular formula is C16H21NO3. The third-order valence-electron chi connectivity index (χ3n) is 4.90. The van der Waals surface area contributed by atoms with E-state index in [1.54, 1.807) is 7.11 Å². The van der Waals surface area contributed by atoms with Gasteiger partial charge in [-0.1, -0.05) is 12.1 Å². The summed E-state index contributed by atoms with van der Waals surface area (Å²) in [5.74, 6) is 0.457. The molecule has 0 saturated carbocycles. The zero-order chi connectivity index (χ0) is 14.3. The Labute approximate surface area is 119 Å². The first-order valence-electron chi connectivity index (χ1n) is 7.18. The first-order chi connectivity index (χ1) is 9.60. The van der Waals surface area contributed by atoms with Gasteiger partial charge in [0.25, 0.3) is 0 Å². The summed E-state index contributed by atoms with van der Waals surface area (Å²) in [5.41, 5.74) is 2.63. The number of hydrogen-bond donors (Lipinski definition) is 1. The molecule has 1 N–H and O–H groups in total. The second-order valence-corrected chi connectivity index (χ2v) is 6.04. The van der Waals surface area contributed by atoms with Gasteiger partial charge in [0.1, 0.15) is 5.75 Å². The SMILES string of the molecule is COc1cccc2c1C[C@H]1C[C@@H](C(=O)O)CN(C)[C@@H]1C2. The summed E-state index contributed by atoms with van der Waals surface area (Å²) < 4.78 is 5.46. The Bertz CT molecular complexity index is 528. The number of fused-ring (bicyclic) bond motifs is 2. The molecule has 4 heteroatoms. The maximum Gasteiger partial charge on any atom is 0.307 e. The summed E-state index contributed by atoms with van der Waals surface area (Å²) in [6, 6.07) is 6.68. The van der Waals surface area contributed by atoms with Crippen LogP contribution < -0.4 is 4.74 Å². The predicted octanol–water partition coefficient (Wildman–Crippen LogP) is 1.81. The minimum Gasteiger partial charge on any atom is -0.496 e. The highest BCUT2D eigenvalue weighted by Crippen LogP contribution is 2.39. The summed E-state index contributed by atoms with van der Waals surface area (Å²) in [7, 11) is 3.76. The maximum absolute atomic E-state index is 11.3. The monoisotopic (exact) mass is 275 g/mol. The van der Waals surface area contributed by atoms with E-state index < -0.39 is 5.97 Å². The number of carboxylic acid groups (broad SMARTS) is 1. The summed E-state index contributed by atoms with van der Waals surface area (Å²) in [4.78, 5) is 13.5. The molecule has 0 radical (unpaired) electrons. The lowest BCUT2D eigenvalue weighted by atomic mass is 9.72. The summed E-state index contributed by atoms with van der Waals surface area (Å²) >= 11 is 0. The lowest BCUT2D eigenvalue weighted by Gasteiger charge is -2.45. The van der Waals surface area contributed by atoms with Crippen LogP contribution in [0.3, 0.4) is 0 Å². The van der Waals surface area contributed by atoms with Crippen molar-refractivity contribution in [3.05, 3.63) is 29.3 Å². The molecule has 1 fully saturated rings. The van der Waals surface area contributed by atoms with Crippen molar-refractivity contribution in [2.24, 2.45) is 11.8 Å². The van der Waals surface area contributed by atoms with Gasteiger partial charge >= 0.3 is 5.97 Å². The van der Waals surface area contributed by atoms with Crippen molar-refractivity contribution in [3.63, 3.8) is 0 Å². The van der Waals surface area contributed by atoms with Gasteiger partial charge in [-0.3, -0.25) is 4.79 Å². The first kappa shape index (κ1) is 13.4. The molecular weight excluding hydrogens is 254 g/mol. The smallest absolute Gasteiger partial charge is 0.307 e. The number of likely N-dealkylation sites (tertiary alicyclic amines) is 1. The second kappa shape index (κ2) is 5.09. The molecule has 1 saturated heterocycles. The van der Waals surface area contributed by atoms with Crippen LogP contribution in [0.5, 0.6) is 5.75 Å². The topological polar surface area (TPSA) is 49.8 Å². The molecule has 0 aromatic heterocycles. The molecule has 1 aliphatic carbocycles. The van der Waals surface area contributed by atoms with Crippen molar-refractivity contribution in [2.75, 3.05) is 20.7 Å². The fourth-order valence-corrected chi connectivity index (χ4v) is 3.87. The Hall–Kier alpha value is -1.55. The molecule has 3 atom stereocenters. The molecule has 2 aliphatic rings. The summed E-state index contributed by atoms with van der Waals surface area (Å²) in [5, 5.41) is 9.29. The summed E-state index contributed by atoms with van der Waals surface area (Å²) in [6.07, 6.45) is 2.71. The molecule has 108 valence electrons. The highest BCUT2D eigenvalue weighted by Gasteiger charge is 2.40. The van der Waals surface area contributed by atoms with Crippen LogP contribution in [-0.2, 0) is 17.6 Å². The fourth-order valence-electron chi connectivity index (χ4n) is 3.87. The highest BCUT2D eigenvalue weighted by atomic mass is 16.5. The van der Waals surface area contributed by atoms with Crippen molar-refractivity contribution < 1.29 is 14.6 Å². The van der Waals surface area contributed by atoms with Gasteiger partial charge in [0, 0.05) is 12.6 Å². The Balaban J connectivity index is 1.90. The van der Waals surface area contributed by atoms with Crippen LogP contribution in [0.1, 0.15) is 17.5 Å². The zero-order valence-corrected chi connectivity index (χ0v) is 12.0. The molecule has 0 spiro atoms. The van der Waals surface area contributed by atoms with Gasteiger partial charge in [-0.15, -0.1) is 0 Å². The molecule has 0 bridgehead atoms. The van der Waals surface area contributed by atoms with Gasteiger partial charge < -0.3 is 14.7 Å². The van der Waals surface area contributed by atoms with E-state index in [-0.39, 0.29) is 5.92 Å². The molecule has 4 nitrogen and oxygen atoms in total. The summed E-state index contributed by atoms with van der Waals surface area (Å²) in [6.45, 7) is 0.663. The average Bonchev–Trinajstić information content (AvgIpc) is 2.44. The number of carbonyl (C=O) groups is 1. The highest BCUT2D eigenvalue weighted by molar-refractivity contribution is 5.70. The van der Waals surface area contributed by atoms with Crippen molar-refractivity contribution in [3.8, 4) is 5.75 Å². The van der Waals surface area contributed by atoms with Crippen molar-refractivity contribution in [2.45, 2.75) is 25.3 Å². The van der Waals surface area contributed by atoms with E-state index in [0.717, 1.165) is 25.0 Å². The largest absolute Gasteiger partial charge is 0.496 e. The molecule has 1 heterocycles. The van der Waals surface area contributed by atoms with Crippen molar-refractivity contribution in [1.82, 2.24) is 4.90 Å². The van der Waals surface area contributed by atoms with Crippen LogP contribution in [0.25, 0.3) is 0 Å². The fraction of sp³-hybridized carbons (Fsp3) is 0.562. The lowest BCUT2D eigenvalue weighted by Crippen LogP contribution is -2.51. The number of aliphatic carboxylic acids is 1. The lowest BCUT2D eigenvalue weighted by molar-refractivity contribution is -0.145. The maximum atomic E-state index is 11.3. The normalized spacial score (nSPS) is 29.4. The molecule has 1 aromatic rings. The third-order valence-corrected chi connectivity index (χ3v) is 4.90. The number of benzene rings is 1. The number of ether oxygens (including phenoxy) is 1. The van der Waals surface area contributed by atoms with Crippen LogP contribution in [0.4, 0.5) is 0 Å². The Morgan fingerprint density at radius 2 is 2.20 bits per heavy atom. The van der Waals surface area contributed by atoms with Gasteiger partial charge in [0.15, 0.2) is 0 Å². The average molecular weight is 275 g/mol. The number of piperidine rings is 1. The molecule has 3 rings (SSSR count). The van der Waals surface area contributed by atoms with E-state index in [1.807, 2.05) is 12.1 Å². The predicted molar refractivity (Wildman–Crippen MR) is 76.1 cm³/mol. The van der Waals surface area contributed by atoms with Crippen LogP contribution >= 0.6 is 0 Å². The van der Waals surface area contributed by atoms with Gasteiger partial charge in [0.05, 0.1) is 13.0 Å². The van der Waals surface area contributed by atoms with E-state index in [1.165, 1.54) is 11.1 Å². The van der Waals surface area contributed by atoms with Gasteiger partial charge in [-0.25, -0.2) is 0 Å². The minimum absolute atomic E-state index is 0.238. The van der Waals surface area contributed by atoms with Crippen LogP contribution in [0.15, 0.2) is 18.2 Å². The van der Waals surface area contributed by atoms with E-state index in [4.69, 9.17) is 4.74 Å². The van der Waals surface area contributed by atoms with E-state index >= 15 is 0 Å². The Kier molecular flexibility index (Phi) is 3.42. The number of nitrogens with zero attached hydrogens (tertiary/aromatic N) is 1. The van der Waals surface area contributed by atoms with Crippen LogP contribution in [0.2, 0.25) is 0 Å². The van der Waals surface area contributed by atoms with Gasteiger partial charge in [-0.2, -0.15) is 0 Å². The van der Waals surface area contributed by atoms with Crippen molar-refractivity contribution >= 4 is 5.97 Å². The third kappa shape index (κ3) is 2.18. The first-order valence-corrected chi connectivity index (χ1v) is 7.18. The number of hydrogen-bond acceptors (Lipinski definition) is 3. The molecule has 20 heavy (non-hydrogen) atoms. The van der Waals surface area contributed by atoms with Gasteiger partial charge in [-0.05, 0) is 49.4 Å². The molecule has 1 aliphatic heterocycles. The number of methoxy groups -OCH3 is 1. The van der Waals surface area contributed by atoms with E-state index in [9.17, 15) is 9.90 Å². The molecule has 0 amide bonds. The standard InChI is InChI=1S/C16H21NO3/c1-17-9-12(16(18)19)6-11-7-13-10(8-14(11)17)4-3-5-15(13)20-2/h3-5,11-12,14H,6-9H2,1-2H3,(H,18,19)/t11-,12-,14-/m1/s1. The van der Waals surface area contributed by atoms with Crippen LogP contribution in [-0.4, -0.2) is 42.7 Å². The Morgan fingerprint density at radius 1 is 1.40 bits per heavy atom. The quantitative estimate of drug-likeness (QED) is 0.894. The van der Waals surface area contributed by atoms with Crippen molar-refractivity contribution in [1.29, 1.82) is 0 Å². The number of carboxylic acids is 1. The number of likely N-dealkylation sites (N-methyl/N-ethyl adjacent to an activating group) is 1. The van der Waals surface area contributed by atoms with Crippen LogP contribution in [0, 0.1) is 11.8 Å².